The van der Waals surface area contributed by atoms with Crippen molar-refractivity contribution in [1.82, 2.24) is 0 Å². The van der Waals surface area contributed by atoms with Gasteiger partial charge in [-0.05, 0) is 25.2 Å². The summed E-state index contributed by atoms with van der Waals surface area (Å²) < 4.78 is 0. The topological polar surface area (TPSA) is 63.3 Å². The van der Waals surface area contributed by atoms with Gasteiger partial charge in [0.15, 0.2) is 0 Å². The lowest BCUT2D eigenvalue weighted by Gasteiger charge is -2.33. The van der Waals surface area contributed by atoms with Gasteiger partial charge in [-0.15, -0.1) is 0 Å². The van der Waals surface area contributed by atoms with Crippen molar-refractivity contribution >= 4 is 5.97 Å². The zero-order valence-electron chi connectivity index (χ0n) is 8.25. The van der Waals surface area contributed by atoms with E-state index in [-0.39, 0.29) is 6.42 Å². The monoisotopic (exact) mass is 185 g/mol. The Kier molecular flexibility index (Phi) is 3.31. The Morgan fingerprint density at radius 3 is 2.46 bits per heavy atom. The molecular formula is C10H19NO2. The number of carboxylic acid groups (broad SMARTS) is 1. The molecule has 0 aromatic rings. The van der Waals surface area contributed by atoms with Crippen LogP contribution in [0.3, 0.4) is 0 Å². The highest BCUT2D eigenvalue weighted by Gasteiger charge is 2.36. The van der Waals surface area contributed by atoms with E-state index in [4.69, 9.17) is 10.8 Å². The molecule has 1 atom stereocenters. The fourth-order valence-electron chi connectivity index (χ4n) is 2.34. The lowest BCUT2D eigenvalue weighted by molar-refractivity contribution is -0.139. The first kappa shape index (κ1) is 10.5. The van der Waals surface area contributed by atoms with Crippen LogP contribution in [0.4, 0.5) is 0 Å². The van der Waals surface area contributed by atoms with Gasteiger partial charge in [-0.1, -0.05) is 19.8 Å². The standard InChI is InChI=1S/C10H19NO2/c1-2-10(11,7-9(12)13)8-5-3-4-6-8/h8H,2-7,11H2,1H3,(H,12,13). The van der Waals surface area contributed by atoms with E-state index in [1.54, 1.807) is 0 Å². The van der Waals surface area contributed by atoms with Gasteiger partial charge in [0.1, 0.15) is 0 Å². The van der Waals surface area contributed by atoms with Crippen LogP contribution in [0.5, 0.6) is 0 Å². The molecule has 76 valence electrons. The molecule has 1 fully saturated rings. The second-order valence-corrected chi connectivity index (χ2v) is 4.14. The minimum Gasteiger partial charge on any atom is -0.481 e. The van der Waals surface area contributed by atoms with Crippen molar-refractivity contribution in [3.05, 3.63) is 0 Å². The van der Waals surface area contributed by atoms with Crippen molar-refractivity contribution in [2.75, 3.05) is 0 Å². The van der Waals surface area contributed by atoms with Crippen LogP contribution in [0.25, 0.3) is 0 Å². The van der Waals surface area contributed by atoms with Crippen molar-refractivity contribution < 1.29 is 9.90 Å². The molecule has 0 saturated heterocycles. The average Bonchev–Trinajstić information content (AvgIpc) is 2.55. The molecule has 3 N–H and O–H groups in total. The van der Waals surface area contributed by atoms with E-state index in [1.807, 2.05) is 6.92 Å². The summed E-state index contributed by atoms with van der Waals surface area (Å²) in [5, 5.41) is 8.76. The molecule has 0 aliphatic heterocycles. The normalized spacial score (nSPS) is 22.9. The Hall–Kier alpha value is -0.570. The minimum absolute atomic E-state index is 0.119. The largest absolute Gasteiger partial charge is 0.481 e. The van der Waals surface area contributed by atoms with Gasteiger partial charge in [-0.2, -0.15) is 0 Å². The quantitative estimate of drug-likeness (QED) is 0.701. The maximum Gasteiger partial charge on any atom is 0.305 e. The number of nitrogens with two attached hydrogens (primary N) is 1. The maximum absolute atomic E-state index is 10.7. The molecule has 0 bridgehead atoms. The Balaban J connectivity index is 2.61. The van der Waals surface area contributed by atoms with Crippen molar-refractivity contribution in [2.45, 2.75) is 51.0 Å². The molecule has 0 radical (unpaired) electrons. The smallest absolute Gasteiger partial charge is 0.305 e. The van der Waals surface area contributed by atoms with Crippen molar-refractivity contribution in [3.63, 3.8) is 0 Å². The van der Waals surface area contributed by atoms with E-state index in [9.17, 15) is 4.79 Å². The number of aliphatic carboxylic acids is 1. The zero-order valence-corrected chi connectivity index (χ0v) is 8.25. The highest BCUT2D eigenvalue weighted by molar-refractivity contribution is 5.68. The van der Waals surface area contributed by atoms with Gasteiger partial charge in [-0.3, -0.25) is 4.79 Å². The highest BCUT2D eigenvalue weighted by atomic mass is 16.4. The summed E-state index contributed by atoms with van der Waals surface area (Å²) in [7, 11) is 0. The van der Waals surface area contributed by atoms with E-state index < -0.39 is 11.5 Å². The van der Waals surface area contributed by atoms with Crippen LogP contribution in [-0.2, 0) is 4.79 Å². The first-order chi connectivity index (χ1) is 6.08. The van der Waals surface area contributed by atoms with E-state index in [2.05, 4.69) is 0 Å². The van der Waals surface area contributed by atoms with E-state index in [1.165, 1.54) is 12.8 Å². The second kappa shape index (κ2) is 4.09. The van der Waals surface area contributed by atoms with Gasteiger partial charge in [0, 0.05) is 5.54 Å². The van der Waals surface area contributed by atoms with Crippen LogP contribution in [0.2, 0.25) is 0 Å². The SMILES string of the molecule is CCC(N)(CC(=O)O)C1CCCC1. The van der Waals surface area contributed by atoms with Crippen LogP contribution in [0.15, 0.2) is 0 Å². The molecule has 0 amide bonds. The number of carboxylic acids is 1. The first-order valence-electron chi connectivity index (χ1n) is 5.09. The summed E-state index contributed by atoms with van der Waals surface area (Å²) in [6, 6.07) is 0. The summed E-state index contributed by atoms with van der Waals surface area (Å²) in [6.45, 7) is 1.99. The minimum atomic E-state index is -0.767. The van der Waals surface area contributed by atoms with Crippen LogP contribution >= 0.6 is 0 Å². The van der Waals surface area contributed by atoms with Gasteiger partial charge >= 0.3 is 5.97 Å². The zero-order chi connectivity index (χ0) is 9.90. The molecule has 0 aromatic heterocycles. The molecule has 13 heavy (non-hydrogen) atoms. The summed E-state index contributed by atoms with van der Waals surface area (Å²) >= 11 is 0. The van der Waals surface area contributed by atoms with Crippen molar-refractivity contribution in [3.8, 4) is 0 Å². The Morgan fingerprint density at radius 1 is 1.54 bits per heavy atom. The van der Waals surface area contributed by atoms with E-state index in [0.29, 0.717) is 5.92 Å². The Morgan fingerprint density at radius 2 is 2.08 bits per heavy atom. The molecule has 0 heterocycles. The summed E-state index contributed by atoms with van der Waals surface area (Å²) in [6.07, 6.45) is 5.53. The molecule has 1 aliphatic carbocycles. The third-order valence-electron chi connectivity index (χ3n) is 3.31. The lowest BCUT2D eigenvalue weighted by Crippen LogP contribution is -2.47. The lowest BCUT2D eigenvalue weighted by atomic mass is 9.79. The third-order valence-corrected chi connectivity index (χ3v) is 3.31. The van der Waals surface area contributed by atoms with Gasteiger partial charge in [0.2, 0.25) is 0 Å². The number of carbonyl (C=O) groups is 1. The number of hydrogen-bond donors (Lipinski definition) is 2. The fraction of sp³-hybridized carbons (Fsp3) is 0.900. The molecular weight excluding hydrogens is 166 g/mol. The number of rotatable bonds is 4. The molecule has 1 aliphatic rings. The van der Waals surface area contributed by atoms with Crippen molar-refractivity contribution in [2.24, 2.45) is 11.7 Å². The van der Waals surface area contributed by atoms with Crippen molar-refractivity contribution in [1.29, 1.82) is 0 Å². The molecule has 3 nitrogen and oxygen atoms in total. The molecule has 3 heteroatoms. The predicted octanol–water partition coefficient (Wildman–Crippen LogP) is 1.76. The summed E-state index contributed by atoms with van der Waals surface area (Å²) in [4.78, 5) is 10.7. The van der Waals surface area contributed by atoms with Crippen LogP contribution in [-0.4, -0.2) is 16.6 Å². The molecule has 1 saturated carbocycles. The van der Waals surface area contributed by atoms with E-state index >= 15 is 0 Å². The van der Waals surface area contributed by atoms with Gasteiger partial charge in [0.05, 0.1) is 6.42 Å². The van der Waals surface area contributed by atoms with Crippen LogP contribution in [0, 0.1) is 5.92 Å². The maximum atomic E-state index is 10.7. The van der Waals surface area contributed by atoms with Gasteiger partial charge < -0.3 is 10.8 Å². The highest BCUT2D eigenvalue weighted by Crippen LogP contribution is 2.36. The molecule has 1 rings (SSSR count). The predicted molar refractivity (Wildman–Crippen MR) is 51.4 cm³/mol. The fourth-order valence-corrected chi connectivity index (χ4v) is 2.34. The third kappa shape index (κ3) is 2.44. The first-order valence-corrected chi connectivity index (χ1v) is 5.09. The van der Waals surface area contributed by atoms with Gasteiger partial charge in [-0.25, -0.2) is 0 Å². The van der Waals surface area contributed by atoms with Crippen LogP contribution in [0.1, 0.15) is 45.4 Å². The Bertz CT molecular complexity index is 187. The Labute approximate surface area is 79.3 Å². The van der Waals surface area contributed by atoms with Gasteiger partial charge in [0.25, 0.3) is 0 Å². The molecule has 0 spiro atoms. The molecule has 0 aromatic carbocycles. The summed E-state index contributed by atoms with van der Waals surface area (Å²) in [5.74, 6) is -0.343. The molecule has 1 unspecified atom stereocenters. The number of hydrogen-bond acceptors (Lipinski definition) is 2. The van der Waals surface area contributed by atoms with Crippen LogP contribution < -0.4 is 5.73 Å². The average molecular weight is 185 g/mol. The second-order valence-electron chi connectivity index (χ2n) is 4.14. The summed E-state index contributed by atoms with van der Waals surface area (Å²) in [5.41, 5.74) is 5.67. The van der Waals surface area contributed by atoms with E-state index in [0.717, 1.165) is 19.3 Å².